The number of thiazole rings is 2. The van der Waals surface area contributed by atoms with Gasteiger partial charge < -0.3 is 45.6 Å². The second kappa shape index (κ2) is 30.4. The summed E-state index contributed by atoms with van der Waals surface area (Å²) >= 11 is 2.39. The first-order valence-electron chi connectivity index (χ1n) is 27.3. The number of carboxylic acid groups (broad SMARTS) is 2. The van der Waals surface area contributed by atoms with E-state index in [-0.39, 0.29) is 36.0 Å². The molecular weight excluding hydrogens is 1230 g/mol. The summed E-state index contributed by atoms with van der Waals surface area (Å²) in [6, 6.07) is 16.0. The first kappa shape index (κ1) is 70.7. The fourth-order valence-corrected chi connectivity index (χ4v) is 11.7. The molecule has 3 aliphatic rings. The molecular formula is C62H64F8N8O10S2. The number of benzene rings is 2. The lowest BCUT2D eigenvalue weighted by Crippen LogP contribution is -2.32. The maximum Gasteiger partial charge on any atom is 0.416 e. The van der Waals surface area contributed by atoms with Gasteiger partial charge in [0.15, 0.2) is 0 Å². The summed E-state index contributed by atoms with van der Waals surface area (Å²) in [6.07, 6.45) is 1.93. The number of rotatable bonds is 10. The number of methoxy groups -OCH3 is 1. The third kappa shape index (κ3) is 18.1. The lowest BCUT2D eigenvalue weighted by molar-refractivity contribution is -0.138. The normalized spacial score (nSPS) is 16.4. The highest BCUT2D eigenvalue weighted by atomic mass is 32.1. The van der Waals surface area contributed by atoms with Crippen LogP contribution in [0.4, 0.5) is 58.4 Å². The van der Waals surface area contributed by atoms with Gasteiger partial charge in [-0.3, -0.25) is 9.59 Å². The minimum Gasteiger partial charge on any atom is -0.481 e. The lowest BCUT2D eigenvalue weighted by Gasteiger charge is -2.33. The quantitative estimate of drug-likeness (QED) is 0.0495. The number of pyridine rings is 4. The predicted molar refractivity (Wildman–Crippen MR) is 321 cm³/mol. The predicted octanol–water partition coefficient (Wildman–Crippen LogP) is 13.7. The molecule has 0 spiro atoms. The van der Waals surface area contributed by atoms with Gasteiger partial charge in [-0.1, -0.05) is 13.5 Å². The Morgan fingerprint density at radius 3 is 1.43 bits per heavy atom. The van der Waals surface area contributed by atoms with Crippen LogP contribution in [0.25, 0.3) is 21.1 Å². The minimum absolute atomic E-state index is 0. The molecule has 1 fully saturated rings. The summed E-state index contributed by atoms with van der Waals surface area (Å²) in [6.45, 7) is 7.37. The molecule has 11 rings (SSSR count). The zero-order valence-corrected chi connectivity index (χ0v) is 49.9. The van der Waals surface area contributed by atoms with Gasteiger partial charge in [-0.15, -0.1) is 22.7 Å². The largest absolute Gasteiger partial charge is 0.481 e. The van der Waals surface area contributed by atoms with Crippen LogP contribution in [-0.4, -0.2) is 93.7 Å². The van der Waals surface area contributed by atoms with Crippen molar-refractivity contribution in [1.29, 1.82) is 0 Å². The molecule has 0 saturated carbocycles. The standard InChI is InChI=1S/C27H22F4N4O3S.C26H22F4N4O2S.C4H8O.2C2H4O2.CH4/c1-14-8-20(34-23(9-14)35-22-11-16(5-7-32-22)27(29,30)31)21-13-33-25(39-21)26(37)6-3-4-15-10-17(24(36)38-2)19(28)12-18(15)26;1-14-7-20(33-23(8-14)34-22-10-17(4-6-31-22)26(28,29)30)21-12-32-24(37-21)25(36)5-2-3-15-9-16(13-35)19(27)11-18(15)25;1-2-4-5-3-1;2*1-2(3)4;/h5,7-13,37H,3-4,6H2,1-2H3,(H,32,34,35);4,6-12,35-36H,2-3,5,13H2,1H3,(H,31,33,34);1-4H2;2*1H3,(H,3,4);1H4. The number of carboxylic acids is 2. The summed E-state index contributed by atoms with van der Waals surface area (Å²) in [5, 5.41) is 53.9. The van der Waals surface area contributed by atoms with E-state index >= 15 is 0 Å². The summed E-state index contributed by atoms with van der Waals surface area (Å²) in [4.78, 5) is 57.0. The molecule has 2 atom stereocenters. The average Bonchev–Trinajstić information content (AvgIpc) is 1.31. The zero-order chi connectivity index (χ0) is 65.0. The molecule has 480 valence electrons. The van der Waals surface area contributed by atoms with Gasteiger partial charge in [-0.05, 0) is 165 Å². The minimum atomic E-state index is -4.51. The molecule has 0 amide bonds. The molecule has 8 aromatic rings. The van der Waals surface area contributed by atoms with Crippen LogP contribution in [0, 0.1) is 25.5 Å². The number of esters is 1. The van der Waals surface area contributed by atoms with Crippen molar-refractivity contribution < 1.29 is 84.5 Å². The number of carbonyl (C=O) groups excluding carboxylic acids is 1. The van der Waals surface area contributed by atoms with E-state index in [9.17, 15) is 55.2 Å². The van der Waals surface area contributed by atoms with Crippen molar-refractivity contribution in [3.05, 3.63) is 175 Å². The number of carbonyl (C=O) groups is 3. The van der Waals surface area contributed by atoms with Crippen molar-refractivity contribution >= 4 is 63.9 Å². The van der Waals surface area contributed by atoms with E-state index in [0.717, 1.165) is 86.5 Å². The van der Waals surface area contributed by atoms with E-state index in [0.29, 0.717) is 92.2 Å². The van der Waals surface area contributed by atoms with Crippen LogP contribution in [0.1, 0.15) is 130 Å². The fraction of sp³-hybridized carbons (Fsp3) is 0.339. The molecule has 2 aromatic carbocycles. The Morgan fingerprint density at radius 2 is 1.04 bits per heavy atom. The van der Waals surface area contributed by atoms with Crippen molar-refractivity contribution in [3.8, 4) is 21.1 Å². The number of aromatic nitrogens is 6. The highest BCUT2D eigenvalue weighted by molar-refractivity contribution is 7.15. The van der Waals surface area contributed by atoms with E-state index in [2.05, 4.69) is 45.3 Å². The first-order chi connectivity index (χ1) is 42.0. The summed E-state index contributed by atoms with van der Waals surface area (Å²) in [5.41, 5.74) is 0.0291. The molecule has 1 saturated heterocycles. The number of fused-ring (bicyclic) bond motifs is 2. The molecule has 2 aliphatic carbocycles. The smallest absolute Gasteiger partial charge is 0.416 e. The van der Waals surface area contributed by atoms with E-state index < -0.39 is 70.8 Å². The second-order valence-corrected chi connectivity index (χ2v) is 22.6. The Kier molecular flexibility index (Phi) is 23.9. The van der Waals surface area contributed by atoms with E-state index in [1.165, 1.54) is 54.8 Å². The lowest BCUT2D eigenvalue weighted by atomic mass is 9.78. The molecule has 18 nitrogen and oxygen atoms in total. The monoisotopic (exact) mass is 1300 g/mol. The molecule has 7 N–H and O–H groups in total. The third-order valence-electron chi connectivity index (χ3n) is 13.6. The number of aliphatic hydroxyl groups is 3. The van der Waals surface area contributed by atoms with Crippen molar-refractivity contribution in [1.82, 2.24) is 29.9 Å². The Balaban J connectivity index is 0.000000237. The van der Waals surface area contributed by atoms with Gasteiger partial charge in [-0.25, -0.2) is 43.5 Å². The highest BCUT2D eigenvalue weighted by Crippen LogP contribution is 2.46. The van der Waals surface area contributed by atoms with E-state index in [1.807, 2.05) is 13.8 Å². The van der Waals surface area contributed by atoms with Crippen LogP contribution in [-0.2, 0) is 62.1 Å². The number of anilines is 4. The molecule has 0 bridgehead atoms. The number of hydrogen-bond acceptors (Lipinski definition) is 18. The number of alkyl halides is 6. The first-order valence-corrected chi connectivity index (χ1v) is 28.9. The Bertz CT molecular complexity index is 3800. The Labute approximate surface area is 519 Å². The van der Waals surface area contributed by atoms with Crippen LogP contribution in [0.3, 0.4) is 0 Å². The van der Waals surface area contributed by atoms with Crippen molar-refractivity contribution in [2.45, 2.75) is 117 Å². The van der Waals surface area contributed by atoms with Crippen LogP contribution >= 0.6 is 22.7 Å². The maximum atomic E-state index is 14.8. The van der Waals surface area contributed by atoms with Crippen LogP contribution < -0.4 is 10.6 Å². The molecule has 7 heterocycles. The van der Waals surface area contributed by atoms with Gasteiger partial charge in [0, 0.05) is 57.4 Å². The van der Waals surface area contributed by atoms with Crippen LogP contribution in [0.5, 0.6) is 0 Å². The van der Waals surface area contributed by atoms with Gasteiger partial charge in [0.2, 0.25) is 0 Å². The third-order valence-corrected chi connectivity index (χ3v) is 15.9. The Morgan fingerprint density at radius 1 is 0.622 bits per heavy atom. The average molecular weight is 1300 g/mol. The van der Waals surface area contributed by atoms with Gasteiger partial charge in [0.1, 0.15) is 56.1 Å². The number of nitrogens with zero attached hydrogens (tertiary/aromatic N) is 6. The number of halogens is 8. The maximum absolute atomic E-state index is 14.8. The SMILES string of the molecule is C.C1CCOC1.CC(=O)O.CC(=O)O.COC(=O)c1cc2c(cc1F)C(O)(c1ncc(-c3cc(C)cc(Nc4cc(C(F)(F)F)ccn4)n3)s1)CCC2.Cc1cc(Nc2cc(C(F)(F)F)ccn2)nc(-c2cnc(C3(O)CCCc4cc(CO)c(F)cc43)s2)c1. The van der Waals surface area contributed by atoms with E-state index in [1.54, 1.807) is 42.7 Å². The van der Waals surface area contributed by atoms with Gasteiger partial charge in [0.25, 0.3) is 11.9 Å². The van der Waals surface area contributed by atoms with E-state index in [4.69, 9.17) is 24.5 Å². The number of ether oxygens (including phenoxy) is 2. The van der Waals surface area contributed by atoms with Crippen molar-refractivity contribution in [2.24, 2.45) is 0 Å². The molecule has 28 heteroatoms. The van der Waals surface area contributed by atoms with Crippen LogP contribution in [0.15, 0.2) is 97.6 Å². The number of aliphatic carboxylic acids is 2. The topological polar surface area (TPSA) is 272 Å². The van der Waals surface area contributed by atoms with Crippen molar-refractivity contribution in [3.63, 3.8) is 0 Å². The summed E-state index contributed by atoms with van der Waals surface area (Å²) < 4.78 is 117. The number of aryl methyl sites for hydroxylation is 4. The van der Waals surface area contributed by atoms with Crippen LogP contribution in [0.2, 0.25) is 0 Å². The van der Waals surface area contributed by atoms with Crippen molar-refractivity contribution in [2.75, 3.05) is 31.0 Å². The number of aliphatic hydroxyl groups excluding tert-OH is 1. The highest BCUT2D eigenvalue weighted by Gasteiger charge is 2.42. The fourth-order valence-electron chi connectivity index (χ4n) is 9.65. The number of hydrogen-bond donors (Lipinski definition) is 7. The summed E-state index contributed by atoms with van der Waals surface area (Å²) in [5.74, 6) is -3.27. The number of nitrogens with one attached hydrogen (secondary N) is 2. The molecule has 6 aromatic heterocycles. The summed E-state index contributed by atoms with van der Waals surface area (Å²) in [7, 11) is 1.17. The Hall–Kier alpha value is -8.41. The van der Waals surface area contributed by atoms with Gasteiger partial charge in [0.05, 0.1) is 51.5 Å². The van der Waals surface area contributed by atoms with Gasteiger partial charge >= 0.3 is 18.3 Å². The second-order valence-electron chi connectivity index (χ2n) is 20.5. The zero-order valence-electron chi connectivity index (χ0n) is 48.3. The molecule has 0 radical (unpaired) electrons. The molecule has 90 heavy (non-hydrogen) atoms. The molecule has 2 unspecified atom stereocenters. The molecule has 1 aliphatic heterocycles. The van der Waals surface area contributed by atoms with Gasteiger partial charge in [-0.2, -0.15) is 26.3 Å².